The molecule has 0 aliphatic heterocycles. The van der Waals surface area contributed by atoms with E-state index >= 15 is 0 Å². The van der Waals surface area contributed by atoms with Gasteiger partial charge in [-0.2, -0.15) is 5.26 Å². The molecule has 1 amide bonds. The van der Waals surface area contributed by atoms with Crippen molar-refractivity contribution in [3.05, 3.63) is 100 Å². The Labute approximate surface area is 207 Å². The minimum Gasteiger partial charge on any atom is -0.341 e. The maximum absolute atomic E-state index is 11.4. The van der Waals surface area contributed by atoms with Crippen molar-refractivity contribution in [2.24, 2.45) is 0 Å². The molecule has 0 atom stereocenters. The highest BCUT2D eigenvalue weighted by Crippen LogP contribution is 2.34. The molecule has 6 nitrogen and oxygen atoms in total. The Kier molecular flexibility index (Phi) is 5.86. The van der Waals surface area contributed by atoms with Gasteiger partial charge in [-0.15, -0.1) is 0 Å². The fraction of sp³-hybridized carbons (Fsp3) is 0.107. The second-order valence-corrected chi connectivity index (χ2v) is 8.82. The van der Waals surface area contributed by atoms with Gasteiger partial charge in [0.2, 0.25) is 5.91 Å². The molecule has 2 N–H and O–H groups in total. The lowest BCUT2D eigenvalue weighted by Crippen LogP contribution is -2.09. The van der Waals surface area contributed by atoms with Crippen LogP contribution < -0.4 is 10.6 Å². The lowest BCUT2D eigenvalue weighted by atomic mass is 9.97. The van der Waals surface area contributed by atoms with Crippen LogP contribution in [0.25, 0.3) is 16.7 Å². The summed E-state index contributed by atoms with van der Waals surface area (Å²) < 4.78 is 2.02. The summed E-state index contributed by atoms with van der Waals surface area (Å²) in [6.07, 6.45) is 0.604. The summed E-state index contributed by atoms with van der Waals surface area (Å²) >= 11 is 6.11. The van der Waals surface area contributed by atoms with Crippen molar-refractivity contribution in [2.45, 2.75) is 20.3 Å². The topological polar surface area (TPSA) is 82.2 Å². The summed E-state index contributed by atoms with van der Waals surface area (Å²) in [6.45, 7) is 3.45. The van der Waals surface area contributed by atoms with Crippen molar-refractivity contribution in [1.29, 1.82) is 5.26 Å². The number of nitrogens with one attached hydrogen (secondary N) is 2. The van der Waals surface area contributed by atoms with Gasteiger partial charge >= 0.3 is 0 Å². The Hall–Kier alpha value is -4.34. The Morgan fingerprint density at radius 3 is 2.40 bits per heavy atom. The molecule has 0 aliphatic carbocycles. The van der Waals surface area contributed by atoms with E-state index in [0.717, 1.165) is 44.9 Å². The second kappa shape index (κ2) is 9.13. The van der Waals surface area contributed by atoms with E-state index in [1.165, 1.54) is 6.92 Å². The summed E-state index contributed by atoms with van der Waals surface area (Å²) in [4.78, 5) is 16.2. The molecule has 0 aliphatic rings. The van der Waals surface area contributed by atoms with E-state index in [-0.39, 0.29) is 5.91 Å². The lowest BCUT2D eigenvalue weighted by Gasteiger charge is -2.19. The van der Waals surface area contributed by atoms with E-state index in [1.54, 1.807) is 0 Å². The lowest BCUT2D eigenvalue weighted by molar-refractivity contribution is -0.114. The van der Waals surface area contributed by atoms with E-state index in [9.17, 15) is 10.1 Å². The van der Waals surface area contributed by atoms with Crippen molar-refractivity contribution < 1.29 is 4.79 Å². The van der Waals surface area contributed by atoms with E-state index in [1.807, 2.05) is 84.1 Å². The third-order valence-electron chi connectivity index (χ3n) is 6.00. The minimum atomic E-state index is -0.120. The zero-order valence-corrected chi connectivity index (χ0v) is 20.0. The van der Waals surface area contributed by atoms with Crippen LogP contribution in [0.3, 0.4) is 0 Å². The molecule has 0 spiro atoms. The Balaban J connectivity index is 1.73. The molecule has 35 heavy (non-hydrogen) atoms. The SMILES string of the molecule is CC(=O)Nc1ccc(Nc2c(Cc3ccc(Cl)cc3)c(C)c(C#N)c3nc4ccccc4n23)cc1. The zero-order chi connectivity index (χ0) is 24.5. The largest absolute Gasteiger partial charge is 0.341 e. The molecule has 3 aromatic carbocycles. The molecule has 0 saturated carbocycles. The van der Waals surface area contributed by atoms with E-state index in [2.05, 4.69) is 16.7 Å². The summed E-state index contributed by atoms with van der Waals surface area (Å²) in [5.74, 6) is 0.720. The van der Waals surface area contributed by atoms with Crippen molar-refractivity contribution in [2.75, 3.05) is 10.6 Å². The fourth-order valence-electron chi connectivity index (χ4n) is 4.32. The van der Waals surface area contributed by atoms with Crippen LogP contribution in [0.2, 0.25) is 5.02 Å². The molecule has 0 bridgehead atoms. The first-order chi connectivity index (χ1) is 16.9. The number of nitriles is 1. The first kappa shape index (κ1) is 22.5. The van der Waals surface area contributed by atoms with Crippen LogP contribution in [0.1, 0.15) is 29.2 Å². The quantitative estimate of drug-likeness (QED) is 0.297. The highest BCUT2D eigenvalue weighted by Gasteiger charge is 2.21. The van der Waals surface area contributed by atoms with Crippen molar-refractivity contribution in [1.82, 2.24) is 9.38 Å². The number of rotatable bonds is 5. The van der Waals surface area contributed by atoms with E-state index in [4.69, 9.17) is 16.6 Å². The van der Waals surface area contributed by atoms with Crippen molar-refractivity contribution in [3.8, 4) is 6.07 Å². The van der Waals surface area contributed by atoms with E-state index < -0.39 is 0 Å². The molecule has 5 aromatic rings. The number of pyridine rings is 1. The van der Waals surface area contributed by atoms with Gasteiger partial charge in [-0.1, -0.05) is 35.9 Å². The highest BCUT2D eigenvalue weighted by molar-refractivity contribution is 6.30. The van der Waals surface area contributed by atoms with Gasteiger partial charge in [-0.25, -0.2) is 4.98 Å². The van der Waals surface area contributed by atoms with E-state index in [0.29, 0.717) is 22.7 Å². The van der Waals surface area contributed by atoms with Crippen LogP contribution in [0.5, 0.6) is 0 Å². The highest BCUT2D eigenvalue weighted by atomic mass is 35.5. The average molecular weight is 480 g/mol. The number of anilines is 3. The fourth-order valence-corrected chi connectivity index (χ4v) is 4.44. The van der Waals surface area contributed by atoms with Gasteiger partial charge in [0.25, 0.3) is 0 Å². The average Bonchev–Trinajstić information content (AvgIpc) is 3.23. The van der Waals surface area contributed by atoms with Gasteiger partial charge in [0.15, 0.2) is 5.65 Å². The monoisotopic (exact) mass is 479 g/mol. The number of para-hydroxylation sites is 2. The maximum atomic E-state index is 11.4. The first-order valence-corrected chi connectivity index (χ1v) is 11.5. The molecule has 5 rings (SSSR count). The molecular weight excluding hydrogens is 458 g/mol. The molecule has 0 radical (unpaired) electrons. The normalized spacial score (nSPS) is 10.9. The summed E-state index contributed by atoms with van der Waals surface area (Å²) in [5, 5.41) is 17.1. The molecule has 2 heterocycles. The van der Waals surface area contributed by atoms with Gasteiger partial charge in [0.05, 0.1) is 16.6 Å². The summed E-state index contributed by atoms with van der Waals surface area (Å²) in [5.41, 5.74) is 7.41. The number of carbonyl (C=O) groups is 1. The van der Waals surface area contributed by atoms with Crippen molar-refractivity contribution in [3.63, 3.8) is 0 Å². The summed E-state index contributed by atoms with van der Waals surface area (Å²) in [6, 6.07) is 25.5. The number of amides is 1. The number of nitrogens with zero attached hydrogens (tertiary/aromatic N) is 3. The molecule has 172 valence electrons. The van der Waals surface area contributed by atoms with Crippen LogP contribution in [0, 0.1) is 18.3 Å². The van der Waals surface area contributed by atoms with Crippen molar-refractivity contribution >= 4 is 51.4 Å². The second-order valence-electron chi connectivity index (χ2n) is 8.39. The third-order valence-corrected chi connectivity index (χ3v) is 6.25. The Morgan fingerprint density at radius 1 is 1.03 bits per heavy atom. The Morgan fingerprint density at radius 2 is 1.71 bits per heavy atom. The summed E-state index contributed by atoms with van der Waals surface area (Å²) in [7, 11) is 0. The maximum Gasteiger partial charge on any atom is 0.221 e. The number of fused-ring (bicyclic) bond motifs is 3. The number of halogens is 1. The number of carbonyl (C=O) groups excluding carboxylic acids is 1. The number of hydrogen-bond acceptors (Lipinski definition) is 4. The number of hydrogen-bond donors (Lipinski definition) is 2. The molecule has 0 unspecified atom stereocenters. The van der Waals surface area contributed by atoms with Gasteiger partial charge in [0, 0.05) is 35.3 Å². The standard InChI is InChI=1S/C28H22ClN5O/c1-17-23(15-19-7-9-20(29)10-8-19)27(32-22-13-11-21(12-14-22)31-18(2)35)34-26-6-4-3-5-25(26)33-28(34)24(17)16-30/h3-14,32H,15H2,1-2H3,(H,31,35). The zero-order valence-electron chi connectivity index (χ0n) is 19.3. The molecule has 2 aromatic heterocycles. The number of aromatic nitrogens is 2. The van der Waals surface area contributed by atoms with Crippen LogP contribution in [0.15, 0.2) is 72.8 Å². The van der Waals surface area contributed by atoms with Gasteiger partial charge < -0.3 is 10.6 Å². The number of benzene rings is 3. The van der Waals surface area contributed by atoms with Gasteiger partial charge in [-0.05, 0) is 66.6 Å². The smallest absolute Gasteiger partial charge is 0.221 e. The van der Waals surface area contributed by atoms with Crippen LogP contribution in [-0.2, 0) is 11.2 Å². The predicted octanol–water partition coefficient (Wildman–Crippen LogP) is 6.61. The number of imidazole rings is 1. The van der Waals surface area contributed by atoms with Crippen LogP contribution >= 0.6 is 11.6 Å². The molecule has 0 saturated heterocycles. The minimum absolute atomic E-state index is 0.120. The predicted molar refractivity (Wildman–Crippen MR) is 140 cm³/mol. The van der Waals surface area contributed by atoms with Crippen LogP contribution in [-0.4, -0.2) is 15.3 Å². The van der Waals surface area contributed by atoms with Gasteiger partial charge in [0.1, 0.15) is 11.9 Å². The Bertz CT molecular complexity index is 1610. The molecule has 0 fully saturated rings. The van der Waals surface area contributed by atoms with Gasteiger partial charge in [-0.3, -0.25) is 9.20 Å². The third kappa shape index (κ3) is 4.30. The van der Waals surface area contributed by atoms with Crippen LogP contribution in [0.4, 0.5) is 17.2 Å². The molecule has 7 heteroatoms. The molecular formula is C28H22ClN5O. The first-order valence-electron chi connectivity index (χ1n) is 11.2.